The highest BCUT2D eigenvalue weighted by molar-refractivity contribution is 5.84. The highest BCUT2D eigenvalue weighted by atomic mass is 19.1. The Morgan fingerprint density at radius 3 is 2.35 bits per heavy atom. The van der Waals surface area contributed by atoms with Crippen LogP contribution in [0, 0.1) is 17.2 Å². The fourth-order valence-corrected chi connectivity index (χ4v) is 4.58. The Morgan fingerprint density at radius 2 is 1.74 bits per heavy atom. The highest BCUT2D eigenvalue weighted by Crippen LogP contribution is 2.39. The Hall–Kier alpha value is -2.69. The molecule has 0 aliphatic carbocycles. The molecule has 1 fully saturated rings. The molecule has 1 saturated heterocycles. The number of hydrogen-bond donors (Lipinski definition) is 0. The predicted octanol–water partition coefficient (Wildman–Crippen LogP) is 4.78. The molecule has 31 heavy (non-hydrogen) atoms. The number of hydrogen-bond acceptors (Lipinski definition) is 2. The lowest BCUT2D eigenvalue weighted by atomic mass is 9.71. The van der Waals surface area contributed by atoms with Crippen molar-refractivity contribution in [1.82, 2.24) is 9.80 Å². The summed E-state index contributed by atoms with van der Waals surface area (Å²) >= 11 is 0. The van der Waals surface area contributed by atoms with Gasteiger partial charge < -0.3 is 9.80 Å². The van der Waals surface area contributed by atoms with E-state index in [4.69, 9.17) is 0 Å². The van der Waals surface area contributed by atoms with Crippen molar-refractivity contribution in [3.8, 4) is 11.1 Å². The minimum absolute atomic E-state index is 0.0949. The number of rotatable bonds is 6. The normalized spacial score (nSPS) is 15.7. The van der Waals surface area contributed by atoms with E-state index in [0.29, 0.717) is 44.7 Å². The number of likely N-dealkylation sites (tertiary alicyclic amines) is 1. The largest absolute Gasteiger partial charge is 0.348 e. The molecule has 5 heteroatoms. The third-order valence-electron chi connectivity index (χ3n) is 6.20. The van der Waals surface area contributed by atoms with Crippen LogP contribution in [0.5, 0.6) is 0 Å². The molecular formula is C26H33FN2O2. The SMILES string of the molecule is CC(C)CC(=O)N1CCC(Cc2ccccc2-c2cccc(F)c2)(C(=O)N(C)C)CC1. The van der Waals surface area contributed by atoms with Crippen LogP contribution in [-0.2, 0) is 16.0 Å². The first kappa shape index (κ1) is 23.0. The number of benzene rings is 2. The van der Waals surface area contributed by atoms with Gasteiger partial charge in [0.15, 0.2) is 0 Å². The van der Waals surface area contributed by atoms with Crippen molar-refractivity contribution in [3.63, 3.8) is 0 Å². The van der Waals surface area contributed by atoms with Crippen molar-refractivity contribution < 1.29 is 14.0 Å². The van der Waals surface area contributed by atoms with E-state index in [1.807, 2.05) is 49.1 Å². The first-order chi connectivity index (χ1) is 14.7. The van der Waals surface area contributed by atoms with E-state index in [1.165, 1.54) is 12.1 Å². The molecule has 1 heterocycles. The summed E-state index contributed by atoms with van der Waals surface area (Å²) < 4.78 is 13.9. The van der Waals surface area contributed by atoms with E-state index < -0.39 is 5.41 Å². The number of carbonyl (C=O) groups excluding carboxylic acids is 2. The van der Waals surface area contributed by atoms with Gasteiger partial charge in [-0.25, -0.2) is 4.39 Å². The van der Waals surface area contributed by atoms with Gasteiger partial charge in [0, 0.05) is 33.6 Å². The van der Waals surface area contributed by atoms with E-state index in [-0.39, 0.29) is 17.6 Å². The molecule has 2 aromatic rings. The van der Waals surface area contributed by atoms with Crippen LogP contribution in [0.4, 0.5) is 4.39 Å². The van der Waals surface area contributed by atoms with Crippen molar-refractivity contribution in [2.24, 2.45) is 11.3 Å². The molecule has 1 aliphatic rings. The van der Waals surface area contributed by atoms with Crippen molar-refractivity contribution in [1.29, 1.82) is 0 Å². The van der Waals surface area contributed by atoms with Gasteiger partial charge in [0.1, 0.15) is 5.82 Å². The van der Waals surface area contributed by atoms with Crippen molar-refractivity contribution in [3.05, 3.63) is 59.9 Å². The first-order valence-corrected chi connectivity index (χ1v) is 11.1. The monoisotopic (exact) mass is 424 g/mol. The van der Waals surface area contributed by atoms with Crippen LogP contribution in [0.15, 0.2) is 48.5 Å². The van der Waals surface area contributed by atoms with Gasteiger partial charge in [0.05, 0.1) is 5.41 Å². The average Bonchev–Trinajstić information content (AvgIpc) is 2.73. The van der Waals surface area contributed by atoms with Crippen LogP contribution < -0.4 is 0 Å². The van der Waals surface area contributed by atoms with Gasteiger partial charge in [-0.05, 0) is 54.0 Å². The topological polar surface area (TPSA) is 40.6 Å². The molecule has 4 nitrogen and oxygen atoms in total. The predicted molar refractivity (Wildman–Crippen MR) is 122 cm³/mol. The molecule has 0 spiro atoms. The number of piperidine rings is 1. The Balaban J connectivity index is 1.89. The zero-order valence-electron chi connectivity index (χ0n) is 19.0. The van der Waals surface area contributed by atoms with Crippen molar-refractivity contribution in [2.45, 2.75) is 39.5 Å². The molecule has 0 N–H and O–H groups in total. The first-order valence-electron chi connectivity index (χ1n) is 11.1. The minimum Gasteiger partial charge on any atom is -0.348 e. The fraction of sp³-hybridized carbons (Fsp3) is 0.462. The summed E-state index contributed by atoms with van der Waals surface area (Å²) in [7, 11) is 3.58. The standard InChI is InChI=1S/C26H33FN2O2/c1-19(2)16-24(30)29-14-12-26(13-15-29,25(31)28(3)4)18-21-8-5-6-11-23(21)20-9-7-10-22(27)17-20/h5-11,17,19H,12-16,18H2,1-4H3. The van der Waals surface area contributed by atoms with E-state index in [9.17, 15) is 14.0 Å². The smallest absolute Gasteiger partial charge is 0.228 e. The maximum absolute atomic E-state index is 13.9. The van der Waals surface area contributed by atoms with Crippen LogP contribution in [0.25, 0.3) is 11.1 Å². The van der Waals surface area contributed by atoms with Gasteiger partial charge in [0.2, 0.25) is 11.8 Å². The summed E-state index contributed by atoms with van der Waals surface area (Å²) in [5.41, 5.74) is 2.23. The second kappa shape index (κ2) is 9.63. The Kier molecular flexibility index (Phi) is 7.14. The molecular weight excluding hydrogens is 391 g/mol. The van der Waals surface area contributed by atoms with Gasteiger partial charge in [-0.2, -0.15) is 0 Å². The molecule has 3 rings (SSSR count). The third-order valence-corrected chi connectivity index (χ3v) is 6.20. The second-order valence-electron chi connectivity index (χ2n) is 9.30. The molecule has 0 bridgehead atoms. The molecule has 0 atom stereocenters. The van der Waals surface area contributed by atoms with Crippen LogP contribution in [0.2, 0.25) is 0 Å². The lowest BCUT2D eigenvalue weighted by molar-refractivity contribution is -0.146. The molecule has 0 saturated carbocycles. The van der Waals surface area contributed by atoms with Gasteiger partial charge in [-0.1, -0.05) is 50.2 Å². The summed E-state index contributed by atoms with van der Waals surface area (Å²) in [5.74, 6) is 0.308. The van der Waals surface area contributed by atoms with Crippen LogP contribution in [0.3, 0.4) is 0 Å². The quantitative estimate of drug-likeness (QED) is 0.670. The Labute approximate surface area is 185 Å². The summed E-state index contributed by atoms with van der Waals surface area (Å²) in [6, 6.07) is 14.5. The van der Waals surface area contributed by atoms with Gasteiger partial charge >= 0.3 is 0 Å². The highest BCUT2D eigenvalue weighted by Gasteiger charge is 2.43. The number of amides is 2. The summed E-state index contributed by atoms with van der Waals surface area (Å²) in [6.45, 7) is 5.27. The molecule has 0 unspecified atom stereocenters. The molecule has 0 aromatic heterocycles. The minimum atomic E-state index is -0.568. The maximum atomic E-state index is 13.9. The number of halogens is 1. The van der Waals surface area contributed by atoms with E-state index in [0.717, 1.165) is 16.7 Å². The van der Waals surface area contributed by atoms with Gasteiger partial charge in [-0.15, -0.1) is 0 Å². The van der Waals surface area contributed by atoms with E-state index in [2.05, 4.69) is 0 Å². The van der Waals surface area contributed by atoms with Crippen molar-refractivity contribution >= 4 is 11.8 Å². The molecule has 0 radical (unpaired) electrons. The van der Waals surface area contributed by atoms with Crippen LogP contribution in [0.1, 0.15) is 38.7 Å². The lowest BCUT2D eigenvalue weighted by Crippen LogP contribution is -2.51. The van der Waals surface area contributed by atoms with Gasteiger partial charge in [0.25, 0.3) is 0 Å². The molecule has 166 valence electrons. The van der Waals surface area contributed by atoms with Crippen LogP contribution in [-0.4, -0.2) is 48.8 Å². The van der Waals surface area contributed by atoms with E-state index >= 15 is 0 Å². The molecule has 2 aromatic carbocycles. The Bertz CT molecular complexity index is 931. The third kappa shape index (κ3) is 5.33. The zero-order chi connectivity index (χ0) is 22.6. The average molecular weight is 425 g/mol. The zero-order valence-corrected chi connectivity index (χ0v) is 19.0. The lowest BCUT2D eigenvalue weighted by Gasteiger charge is -2.42. The summed E-state index contributed by atoms with van der Waals surface area (Å²) in [6.07, 6.45) is 2.37. The Morgan fingerprint density at radius 1 is 1.06 bits per heavy atom. The molecule has 2 amide bonds. The van der Waals surface area contributed by atoms with E-state index in [1.54, 1.807) is 25.1 Å². The van der Waals surface area contributed by atoms with Crippen LogP contribution >= 0.6 is 0 Å². The molecule has 1 aliphatic heterocycles. The van der Waals surface area contributed by atoms with Crippen molar-refractivity contribution in [2.75, 3.05) is 27.2 Å². The second-order valence-corrected chi connectivity index (χ2v) is 9.30. The number of carbonyl (C=O) groups is 2. The maximum Gasteiger partial charge on any atom is 0.228 e. The fourth-order valence-electron chi connectivity index (χ4n) is 4.58. The summed E-state index contributed by atoms with van der Waals surface area (Å²) in [5, 5.41) is 0. The number of nitrogens with zero attached hydrogens (tertiary/aromatic N) is 2. The summed E-state index contributed by atoms with van der Waals surface area (Å²) in [4.78, 5) is 29.5. The van der Waals surface area contributed by atoms with Gasteiger partial charge in [-0.3, -0.25) is 9.59 Å².